The van der Waals surface area contributed by atoms with Gasteiger partial charge in [-0.1, -0.05) is 0 Å². The van der Waals surface area contributed by atoms with E-state index in [1.54, 1.807) is 0 Å². The molecule has 0 saturated carbocycles. The van der Waals surface area contributed by atoms with E-state index in [9.17, 15) is 26.0 Å². The summed E-state index contributed by atoms with van der Waals surface area (Å²) >= 11 is 0. The average molecular weight is 339 g/mol. The number of hydrogen-bond acceptors (Lipinski definition) is 6. The van der Waals surface area contributed by atoms with Crippen LogP contribution in [0.15, 0.2) is 21.9 Å². The van der Waals surface area contributed by atoms with Gasteiger partial charge >= 0.3 is 5.97 Å². The highest BCUT2D eigenvalue weighted by Gasteiger charge is 2.29. The fourth-order valence-electron chi connectivity index (χ4n) is 1.80. The van der Waals surface area contributed by atoms with Crippen molar-refractivity contribution in [3.8, 4) is 0 Å². The van der Waals surface area contributed by atoms with Gasteiger partial charge in [0.15, 0.2) is 19.7 Å². The Balaban J connectivity index is 3.81. The molecule has 21 heavy (non-hydrogen) atoms. The van der Waals surface area contributed by atoms with Crippen LogP contribution in [0.2, 0.25) is 0 Å². The zero-order valence-electron chi connectivity index (χ0n) is 11.2. The predicted molar refractivity (Wildman–Crippen MR) is 72.1 cm³/mol. The summed E-state index contributed by atoms with van der Waals surface area (Å²) in [5, 5.41) is 8.97. The van der Waals surface area contributed by atoms with Crippen molar-refractivity contribution in [1.82, 2.24) is 0 Å². The zero-order valence-corrected chi connectivity index (χ0v) is 12.8. The molecule has 0 radical (unpaired) electrons. The lowest BCUT2D eigenvalue weighted by Crippen LogP contribution is -2.22. The molecule has 0 aliphatic rings. The van der Waals surface area contributed by atoms with Gasteiger partial charge in [-0.15, -0.1) is 0 Å². The monoisotopic (exact) mass is 339 g/mol. The Morgan fingerprint density at radius 3 is 2.10 bits per heavy atom. The van der Waals surface area contributed by atoms with Crippen LogP contribution in [-0.4, -0.2) is 47.0 Å². The zero-order chi connectivity index (χ0) is 16.6. The van der Waals surface area contributed by atoms with Crippen molar-refractivity contribution >= 4 is 25.6 Å². The van der Waals surface area contributed by atoms with Gasteiger partial charge in [0.25, 0.3) is 0 Å². The van der Waals surface area contributed by atoms with Crippen molar-refractivity contribution in [2.75, 3.05) is 19.1 Å². The Kier molecular flexibility index (Phi) is 4.76. The normalized spacial score (nSPS) is 13.9. The molecule has 0 amide bonds. The van der Waals surface area contributed by atoms with Gasteiger partial charge in [0.1, 0.15) is 10.7 Å². The molecule has 0 aromatic heterocycles. The first-order valence-corrected chi connectivity index (χ1v) is 9.34. The largest absolute Gasteiger partial charge is 0.481 e. The Hall–Kier alpha value is -1.52. The first kappa shape index (κ1) is 17.5. The third-order valence-corrected chi connectivity index (χ3v) is 5.14. The number of aliphatic carboxylic acids is 1. The van der Waals surface area contributed by atoms with Crippen molar-refractivity contribution < 1.29 is 31.1 Å². The van der Waals surface area contributed by atoms with Crippen molar-refractivity contribution in [2.45, 2.75) is 15.7 Å². The summed E-state index contributed by atoms with van der Waals surface area (Å²) in [7, 11) is -8.23. The molecular weight excluding hydrogens is 325 g/mol. The minimum absolute atomic E-state index is 0.213. The third kappa shape index (κ3) is 3.77. The quantitative estimate of drug-likeness (QED) is 0.756. The van der Waals surface area contributed by atoms with Gasteiger partial charge in [0, 0.05) is 19.1 Å². The van der Waals surface area contributed by atoms with E-state index >= 15 is 0 Å². The fraction of sp³-hybridized carbons (Fsp3) is 0.364. The van der Waals surface area contributed by atoms with E-state index in [1.807, 2.05) is 0 Å². The van der Waals surface area contributed by atoms with Gasteiger partial charge in [0.2, 0.25) is 0 Å². The first-order chi connectivity index (χ1) is 9.39. The molecule has 0 aliphatic heterocycles. The van der Waals surface area contributed by atoms with Crippen molar-refractivity contribution in [1.29, 1.82) is 0 Å². The number of carboxylic acid groups (broad SMARTS) is 1. The lowest BCUT2D eigenvalue weighted by atomic mass is 9.99. The third-order valence-electron chi connectivity index (χ3n) is 2.74. The van der Waals surface area contributed by atoms with Crippen LogP contribution < -0.4 is 5.73 Å². The maximum Gasteiger partial charge on any atom is 0.312 e. The maximum absolute atomic E-state index is 14.0. The number of halogens is 1. The second-order valence-corrected chi connectivity index (χ2v) is 8.44. The van der Waals surface area contributed by atoms with E-state index in [4.69, 9.17) is 10.8 Å². The van der Waals surface area contributed by atoms with Gasteiger partial charge in [0.05, 0.1) is 10.8 Å². The molecule has 10 heteroatoms. The summed E-state index contributed by atoms with van der Waals surface area (Å²) in [5.41, 5.74) is 5.06. The topological polar surface area (TPSA) is 132 Å². The second kappa shape index (κ2) is 5.70. The number of sulfone groups is 2. The number of carboxylic acids is 1. The maximum atomic E-state index is 14.0. The SMILES string of the molecule is CS(=O)(=O)c1cc(C(CN)C(=O)O)cc(F)c1S(C)(=O)=O. The van der Waals surface area contributed by atoms with Gasteiger partial charge < -0.3 is 10.8 Å². The first-order valence-electron chi connectivity index (χ1n) is 5.56. The van der Waals surface area contributed by atoms with Crippen LogP contribution >= 0.6 is 0 Å². The molecule has 7 nitrogen and oxygen atoms in total. The summed E-state index contributed by atoms with van der Waals surface area (Å²) in [5.74, 6) is -4.04. The Morgan fingerprint density at radius 2 is 1.76 bits per heavy atom. The number of benzene rings is 1. The predicted octanol–water partition coefficient (Wildman–Crippen LogP) is -0.240. The molecule has 1 rings (SSSR count). The Labute approximate surface area is 121 Å². The smallest absolute Gasteiger partial charge is 0.312 e. The van der Waals surface area contributed by atoms with Gasteiger partial charge in [-0.25, -0.2) is 21.2 Å². The molecule has 0 saturated heterocycles. The van der Waals surface area contributed by atoms with E-state index in [2.05, 4.69) is 0 Å². The molecule has 1 unspecified atom stereocenters. The number of nitrogens with two attached hydrogens (primary N) is 1. The summed E-state index contributed by atoms with van der Waals surface area (Å²) in [4.78, 5) is 9.26. The molecule has 0 heterocycles. The van der Waals surface area contributed by atoms with Crippen LogP contribution in [0, 0.1) is 5.82 Å². The van der Waals surface area contributed by atoms with E-state index in [0.717, 1.165) is 6.07 Å². The van der Waals surface area contributed by atoms with Crippen LogP contribution in [-0.2, 0) is 24.5 Å². The van der Waals surface area contributed by atoms with Crippen molar-refractivity contribution in [2.24, 2.45) is 5.73 Å². The highest BCUT2D eigenvalue weighted by Crippen LogP contribution is 2.29. The number of carbonyl (C=O) groups is 1. The molecule has 118 valence electrons. The molecule has 0 aliphatic carbocycles. The molecule has 0 bridgehead atoms. The number of hydrogen-bond donors (Lipinski definition) is 2. The highest BCUT2D eigenvalue weighted by molar-refractivity contribution is 7.93. The standard InChI is InChI=1S/C11H14FNO6S2/c1-20(16,17)9-4-6(7(5-13)11(14)15)3-8(12)10(9)21(2,18)19/h3-4,7H,5,13H2,1-2H3,(H,14,15). The molecule has 0 spiro atoms. The minimum Gasteiger partial charge on any atom is -0.481 e. The Morgan fingerprint density at radius 1 is 1.24 bits per heavy atom. The summed E-state index contributed by atoms with van der Waals surface area (Å²) in [6.07, 6.45) is 1.37. The van der Waals surface area contributed by atoms with Crippen LogP contribution in [0.3, 0.4) is 0 Å². The average Bonchev–Trinajstić information content (AvgIpc) is 2.25. The van der Waals surface area contributed by atoms with Crippen LogP contribution in [0.5, 0.6) is 0 Å². The summed E-state index contributed by atoms with van der Waals surface area (Å²) in [6.45, 7) is -0.393. The molecular formula is C11H14FNO6S2. The Bertz CT molecular complexity index is 785. The molecule has 0 fully saturated rings. The van der Waals surface area contributed by atoms with Gasteiger partial charge in [-0.3, -0.25) is 4.79 Å². The van der Waals surface area contributed by atoms with Crippen LogP contribution in [0.25, 0.3) is 0 Å². The molecule has 1 atom stereocenters. The van der Waals surface area contributed by atoms with E-state index in [1.165, 1.54) is 0 Å². The molecule has 1 aromatic carbocycles. The lowest BCUT2D eigenvalue weighted by molar-refractivity contribution is -0.138. The molecule has 3 N–H and O–H groups in total. The van der Waals surface area contributed by atoms with Crippen LogP contribution in [0.4, 0.5) is 4.39 Å². The fourth-order valence-corrected chi connectivity index (χ4v) is 4.33. The van der Waals surface area contributed by atoms with Crippen molar-refractivity contribution in [3.05, 3.63) is 23.5 Å². The van der Waals surface area contributed by atoms with Gasteiger partial charge in [-0.05, 0) is 17.7 Å². The summed E-state index contributed by atoms with van der Waals surface area (Å²) < 4.78 is 60.5. The minimum atomic E-state index is -4.15. The highest BCUT2D eigenvalue weighted by atomic mass is 32.2. The van der Waals surface area contributed by atoms with Gasteiger partial charge in [-0.2, -0.15) is 0 Å². The lowest BCUT2D eigenvalue weighted by Gasteiger charge is -2.14. The number of rotatable bonds is 5. The second-order valence-electron chi connectivity index (χ2n) is 4.50. The van der Waals surface area contributed by atoms with Crippen LogP contribution in [0.1, 0.15) is 11.5 Å². The summed E-state index contributed by atoms with van der Waals surface area (Å²) in [6, 6.07) is 1.51. The van der Waals surface area contributed by atoms with E-state index < -0.39 is 53.7 Å². The van der Waals surface area contributed by atoms with Crippen molar-refractivity contribution in [3.63, 3.8) is 0 Å². The van der Waals surface area contributed by atoms with E-state index in [0.29, 0.717) is 18.6 Å². The van der Waals surface area contributed by atoms with E-state index in [-0.39, 0.29) is 5.56 Å². The molecule has 1 aromatic rings.